The van der Waals surface area contributed by atoms with E-state index in [2.05, 4.69) is 4.99 Å². The van der Waals surface area contributed by atoms with Crippen LogP contribution in [0.1, 0.15) is 18.1 Å². The molecule has 0 bridgehead atoms. The van der Waals surface area contributed by atoms with Crippen LogP contribution in [0.25, 0.3) is 6.08 Å². The van der Waals surface area contributed by atoms with E-state index in [1.807, 2.05) is 32.0 Å². The van der Waals surface area contributed by atoms with Crippen LogP contribution in [0.3, 0.4) is 0 Å². The van der Waals surface area contributed by atoms with Crippen LogP contribution in [-0.2, 0) is 0 Å². The molecule has 1 aromatic rings. The Labute approximate surface area is 96.1 Å². The molecule has 3 nitrogen and oxygen atoms in total. The van der Waals surface area contributed by atoms with Gasteiger partial charge in [-0.05, 0) is 31.4 Å². The second-order valence-electron chi connectivity index (χ2n) is 3.39. The Bertz CT molecular complexity index is 408. The molecule has 0 aromatic heterocycles. The van der Waals surface area contributed by atoms with Crippen molar-refractivity contribution in [1.82, 2.24) is 0 Å². The van der Waals surface area contributed by atoms with Gasteiger partial charge in [-0.25, -0.2) is 0 Å². The van der Waals surface area contributed by atoms with E-state index in [9.17, 15) is 5.11 Å². The minimum atomic E-state index is -0.217. The monoisotopic (exact) mass is 218 g/mol. The molecule has 0 aliphatic rings. The first kappa shape index (κ1) is 12.3. The summed E-state index contributed by atoms with van der Waals surface area (Å²) in [6, 6.07) is 5.83. The highest BCUT2D eigenvalue weighted by atomic mass is 16.5. The number of hydrogen-bond acceptors (Lipinski definition) is 3. The highest BCUT2D eigenvalue weighted by Crippen LogP contribution is 2.20. The lowest BCUT2D eigenvalue weighted by atomic mass is 10.1. The Morgan fingerprint density at radius 2 is 2.25 bits per heavy atom. The summed E-state index contributed by atoms with van der Waals surface area (Å²) >= 11 is 0. The summed E-state index contributed by atoms with van der Waals surface area (Å²) in [7, 11) is 1.62. The maximum absolute atomic E-state index is 11.2. The van der Waals surface area contributed by atoms with Crippen LogP contribution in [0.4, 0.5) is 0 Å². The van der Waals surface area contributed by atoms with Crippen molar-refractivity contribution in [2.75, 3.05) is 13.7 Å². The first-order valence-electron chi connectivity index (χ1n) is 5.21. The van der Waals surface area contributed by atoms with E-state index in [0.717, 1.165) is 16.9 Å². The lowest BCUT2D eigenvalue weighted by Gasteiger charge is -2.07. The Balaban J connectivity index is 2.92. The highest BCUT2D eigenvalue weighted by Gasteiger charge is 1.98. The number of hydrogen-bond donors (Lipinski definition) is 0. The number of rotatable bonds is 4. The zero-order valence-corrected chi connectivity index (χ0v) is 9.86. The summed E-state index contributed by atoms with van der Waals surface area (Å²) in [5.74, 6) is 0.547. The highest BCUT2D eigenvalue weighted by molar-refractivity contribution is 5.88. The average Bonchev–Trinajstić information content (AvgIpc) is 2.27. The van der Waals surface area contributed by atoms with Crippen LogP contribution < -0.4 is 9.84 Å². The molecule has 0 spiro atoms. The van der Waals surface area contributed by atoms with Gasteiger partial charge in [0.2, 0.25) is 0 Å². The molecule has 0 amide bonds. The van der Waals surface area contributed by atoms with Crippen molar-refractivity contribution in [1.29, 1.82) is 0 Å². The maximum Gasteiger partial charge on any atom is 0.126 e. The molecule has 0 N–H and O–H groups in total. The van der Waals surface area contributed by atoms with Gasteiger partial charge in [0.1, 0.15) is 5.75 Å². The molecule has 0 aliphatic heterocycles. The zero-order chi connectivity index (χ0) is 12.0. The number of benzene rings is 1. The second kappa shape index (κ2) is 5.95. The minimum Gasteiger partial charge on any atom is -0.859 e. The summed E-state index contributed by atoms with van der Waals surface area (Å²) in [6.45, 7) is 4.33. The van der Waals surface area contributed by atoms with E-state index in [1.54, 1.807) is 13.2 Å². The van der Waals surface area contributed by atoms with Gasteiger partial charge >= 0.3 is 0 Å². The van der Waals surface area contributed by atoms with E-state index in [4.69, 9.17) is 4.74 Å². The van der Waals surface area contributed by atoms with Crippen LogP contribution in [0.15, 0.2) is 29.3 Å². The van der Waals surface area contributed by atoms with Gasteiger partial charge in [0, 0.05) is 12.1 Å². The first-order valence-corrected chi connectivity index (χ1v) is 5.21. The fraction of sp³-hybridized carbons (Fsp3) is 0.308. The fourth-order valence-electron chi connectivity index (χ4n) is 1.33. The third-order valence-corrected chi connectivity index (χ3v) is 2.11. The molecule has 1 aromatic carbocycles. The molecule has 0 atom stereocenters. The second-order valence-corrected chi connectivity index (χ2v) is 3.39. The molecule has 86 valence electrons. The quantitative estimate of drug-likeness (QED) is 0.571. The van der Waals surface area contributed by atoms with Gasteiger partial charge < -0.3 is 14.8 Å². The number of methoxy groups -OCH3 is 1. The molecule has 0 aliphatic carbocycles. The molecule has 0 unspecified atom stereocenters. The summed E-state index contributed by atoms with van der Waals surface area (Å²) in [5.41, 5.74) is 2.01. The molecular formula is C13H16NO2-. The third-order valence-electron chi connectivity index (χ3n) is 2.11. The summed E-state index contributed by atoms with van der Waals surface area (Å²) < 4.78 is 5.23. The third kappa shape index (κ3) is 3.42. The molecule has 1 rings (SSSR count). The topological polar surface area (TPSA) is 44.7 Å². The number of nitrogens with zero attached hydrogens (tertiary/aromatic N) is 1. The van der Waals surface area contributed by atoms with Gasteiger partial charge in [0.25, 0.3) is 0 Å². The van der Waals surface area contributed by atoms with E-state index >= 15 is 0 Å². The van der Waals surface area contributed by atoms with Crippen LogP contribution >= 0.6 is 0 Å². The predicted molar refractivity (Wildman–Crippen MR) is 64.7 cm³/mol. The fourth-order valence-corrected chi connectivity index (χ4v) is 1.33. The molecule has 0 saturated heterocycles. The standard InChI is InChI=1S/C13H17NO2/c1-4-14-13(15)8-7-11-6-5-10(2)9-12(11)16-3/h5-9H,4H2,1-3H3,(H,14,15)/p-1/b8-7+. The molecule has 0 radical (unpaired) electrons. The normalized spacial score (nSPS) is 12.1. The SMILES string of the molecule is CCN=C([O-])/C=C/c1ccc(C)cc1OC. The van der Waals surface area contributed by atoms with E-state index < -0.39 is 0 Å². The molecule has 3 heteroatoms. The predicted octanol–water partition coefficient (Wildman–Crippen LogP) is 1.80. The molecule has 16 heavy (non-hydrogen) atoms. The van der Waals surface area contributed by atoms with Crippen molar-refractivity contribution in [3.05, 3.63) is 35.4 Å². The lowest BCUT2D eigenvalue weighted by molar-refractivity contribution is -0.212. The number of aliphatic imine (C=N–C) groups is 1. The van der Waals surface area contributed by atoms with Crippen LogP contribution in [0.5, 0.6) is 5.75 Å². The van der Waals surface area contributed by atoms with Crippen molar-refractivity contribution in [3.8, 4) is 5.75 Å². The van der Waals surface area contributed by atoms with Crippen LogP contribution in [0.2, 0.25) is 0 Å². The van der Waals surface area contributed by atoms with Gasteiger partial charge in [-0.2, -0.15) is 0 Å². The average molecular weight is 218 g/mol. The van der Waals surface area contributed by atoms with E-state index in [-0.39, 0.29) is 5.90 Å². The smallest absolute Gasteiger partial charge is 0.126 e. The maximum atomic E-state index is 11.2. The molecule has 0 fully saturated rings. The van der Waals surface area contributed by atoms with Crippen molar-refractivity contribution in [3.63, 3.8) is 0 Å². The van der Waals surface area contributed by atoms with Crippen molar-refractivity contribution < 1.29 is 9.84 Å². The lowest BCUT2D eigenvalue weighted by Crippen LogP contribution is -2.14. The Morgan fingerprint density at radius 1 is 1.50 bits per heavy atom. The van der Waals surface area contributed by atoms with E-state index in [1.165, 1.54) is 6.08 Å². The molecular weight excluding hydrogens is 202 g/mol. The summed E-state index contributed by atoms with van der Waals surface area (Å²) in [5, 5.41) is 11.2. The van der Waals surface area contributed by atoms with Crippen LogP contribution in [-0.4, -0.2) is 19.6 Å². The van der Waals surface area contributed by atoms with Crippen LogP contribution in [0, 0.1) is 6.92 Å². The Kier molecular flexibility index (Phi) is 4.58. The largest absolute Gasteiger partial charge is 0.859 e. The van der Waals surface area contributed by atoms with Gasteiger partial charge in [0.05, 0.1) is 7.11 Å². The van der Waals surface area contributed by atoms with Crippen molar-refractivity contribution >= 4 is 12.0 Å². The minimum absolute atomic E-state index is 0.217. The van der Waals surface area contributed by atoms with Gasteiger partial charge in [-0.3, -0.25) is 0 Å². The summed E-state index contributed by atoms with van der Waals surface area (Å²) in [6.07, 6.45) is 3.18. The zero-order valence-electron chi connectivity index (χ0n) is 9.86. The van der Waals surface area contributed by atoms with Gasteiger partial charge in [-0.1, -0.05) is 24.3 Å². The van der Waals surface area contributed by atoms with E-state index in [0.29, 0.717) is 6.54 Å². The molecule has 0 heterocycles. The number of aryl methyl sites for hydroxylation is 1. The van der Waals surface area contributed by atoms with Gasteiger partial charge in [-0.15, -0.1) is 0 Å². The number of ether oxygens (including phenoxy) is 1. The van der Waals surface area contributed by atoms with Crippen molar-refractivity contribution in [2.45, 2.75) is 13.8 Å². The Morgan fingerprint density at radius 3 is 2.88 bits per heavy atom. The Hall–Kier alpha value is -1.77. The first-order chi connectivity index (χ1) is 7.67. The molecule has 0 saturated carbocycles. The summed E-state index contributed by atoms with van der Waals surface area (Å²) in [4.78, 5) is 3.75. The van der Waals surface area contributed by atoms with Crippen molar-refractivity contribution in [2.24, 2.45) is 4.99 Å². The van der Waals surface area contributed by atoms with Gasteiger partial charge in [0.15, 0.2) is 0 Å².